The normalized spacial score (nSPS) is 10.8. The van der Waals surface area contributed by atoms with Crippen molar-refractivity contribution in [2.24, 2.45) is 0 Å². The van der Waals surface area contributed by atoms with Gasteiger partial charge >= 0.3 is 0 Å². The average molecular weight is 342 g/mol. The largest absolute Gasteiger partial charge is 0.461 e. The maximum absolute atomic E-state index is 12.7. The first kappa shape index (κ1) is 16.1. The number of carbonyl (C=O) groups is 1. The summed E-state index contributed by atoms with van der Waals surface area (Å²) in [5.41, 5.74) is 4.09. The average Bonchev–Trinajstić information content (AvgIpc) is 3.04. The van der Waals surface area contributed by atoms with Crippen molar-refractivity contribution < 1.29 is 9.21 Å². The van der Waals surface area contributed by atoms with Crippen molar-refractivity contribution in [3.8, 4) is 11.3 Å². The highest BCUT2D eigenvalue weighted by Gasteiger charge is 2.16. The molecule has 1 amide bonds. The van der Waals surface area contributed by atoms with Gasteiger partial charge in [0.1, 0.15) is 11.5 Å². The number of furan rings is 1. The Hall–Kier alpha value is -3.40. The summed E-state index contributed by atoms with van der Waals surface area (Å²) in [6.07, 6.45) is 0. The van der Waals surface area contributed by atoms with Crippen LogP contribution in [-0.2, 0) is 0 Å². The second-order valence-corrected chi connectivity index (χ2v) is 6.26. The quantitative estimate of drug-likeness (QED) is 0.545. The standard InChI is InChI=1S/C22H18N2O2/c1-14-8-9-17-12-18(10-11-20(17)23-14)24-22(25)19-13-21(26-15(19)2)16-6-4-3-5-7-16/h3-13H,1-2H3,(H,24,25). The van der Waals surface area contributed by atoms with Gasteiger partial charge in [0, 0.05) is 22.3 Å². The zero-order valence-electron chi connectivity index (χ0n) is 14.6. The first-order valence-corrected chi connectivity index (χ1v) is 8.45. The van der Waals surface area contributed by atoms with Crippen molar-refractivity contribution in [2.75, 3.05) is 5.32 Å². The first-order valence-electron chi connectivity index (χ1n) is 8.45. The zero-order chi connectivity index (χ0) is 18.1. The topological polar surface area (TPSA) is 55.1 Å². The summed E-state index contributed by atoms with van der Waals surface area (Å²) in [5.74, 6) is 1.10. The van der Waals surface area contributed by atoms with Gasteiger partial charge < -0.3 is 9.73 Å². The van der Waals surface area contributed by atoms with Gasteiger partial charge in [0.2, 0.25) is 0 Å². The highest BCUT2D eigenvalue weighted by Crippen LogP contribution is 2.26. The number of carbonyl (C=O) groups excluding carboxylic acids is 1. The number of aromatic nitrogens is 1. The number of aryl methyl sites for hydroxylation is 2. The maximum atomic E-state index is 12.7. The monoisotopic (exact) mass is 342 g/mol. The molecule has 2 aromatic carbocycles. The van der Waals surface area contributed by atoms with Crippen LogP contribution in [0.1, 0.15) is 21.8 Å². The number of nitrogens with one attached hydrogen (secondary N) is 1. The summed E-state index contributed by atoms with van der Waals surface area (Å²) in [6, 6.07) is 21.2. The predicted molar refractivity (Wildman–Crippen MR) is 103 cm³/mol. The second-order valence-electron chi connectivity index (χ2n) is 6.26. The molecular weight excluding hydrogens is 324 g/mol. The number of pyridine rings is 1. The molecule has 0 bridgehead atoms. The Bertz CT molecular complexity index is 1100. The van der Waals surface area contributed by atoms with Crippen LogP contribution in [-0.4, -0.2) is 10.9 Å². The summed E-state index contributed by atoms with van der Waals surface area (Å²) in [7, 11) is 0. The van der Waals surface area contributed by atoms with E-state index < -0.39 is 0 Å². The fourth-order valence-electron chi connectivity index (χ4n) is 2.96. The van der Waals surface area contributed by atoms with Gasteiger partial charge in [-0.2, -0.15) is 0 Å². The van der Waals surface area contributed by atoms with Crippen molar-refractivity contribution in [1.29, 1.82) is 0 Å². The molecule has 0 radical (unpaired) electrons. The van der Waals surface area contributed by atoms with Gasteiger partial charge in [0.05, 0.1) is 11.1 Å². The Morgan fingerprint density at radius 3 is 2.58 bits per heavy atom. The molecule has 0 aliphatic heterocycles. The van der Waals surface area contributed by atoms with E-state index in [0.29, 0.717) is 17.1 Å². The molecule has 0 aliphatic carbocycles. The number of rotatable bonds is 3. The molecule has 4 aromatic rings. The number of fused-ring (bicyclic) bond motifs is 1. The summed E-state index contributed by atoms with van der Waals surface area (Å²) >= 11 is 0. The number of hydrogen-bond acceptors (Lipinski definition) is 3. The molecule has 0 aliphatic rings. The minimum atomic E-state index is -0.187. The molecule has 0 spiro atoms. The van der Waals surface area contributed by atoms with E-state index >= 15 is 0 Å². The lowest BCUT2D eigenvalue weighted by atomic mass is 10.1. The molecular formula is C22H18N2O2. The number of amides is 1. The number of anilines is 1. The summed E-state index contributed by atoms with van der Waals surface area (Å²) < 4.78 is 5.77. The summed E-state index contributed by atoms with van der Waals surface area (Å²) in [5, 5.41) is 3.93. The van der Waals surface area contributed by atoms with E-state index in [-0.39, 0.29) is 5.91 Å². The lowest BCUT2D eigenvalue weighted by Gasteiger charge is -2.06. The SMILES string of the molecule is Cc1ccc2cc(NC(=O)c3cc(-c4ccccc4)oc3C)ccc2n1. The molecule has 26 heavy (non-hydrogen) atoms. The van der Waals surface area contributed by atoms with Crippen molar-refractivity contribution in [2.45, 2.75) is 13.8 Å². The third-order valence-electron chi connectivity index (χ3n) is 4.31. The van der Waals surface area contributed by atoms with Gasteiger partial charge in [-0.15, -0.1) is 0 Å². The third-order valence-corrected chi connectivity index (χ3v) is 4.31. The number of benzene rings is 2. The lowest BCUT2D eigenvalue weighted by Crippen LogP contribution is -2.12. The third kappa shape index (κ3) is 3.09. The molecule has 4 nitrogen and oxygen atoms in total. The van der Waals surface area contributed by atoms with Crippen LogP contribution in [0.25, 0.3) is 22.2 Å². The van der Waals surface area contributed by atoms with Gasteiger partial charge in [0.15, 0.2) is 0 Å². The zero-order valence-corrected chi connectivity index (χ0v) is 14.6. The van der Waals surface area contributed by atoms with Crippen molar-refractivity contribution in [3.63, 3.8) is 0 Å². The maximum Gasteiger partial charge on any atom is 0.259 e. The van der Waals surface area contributed by atoms with Crippen LogP contribution in [0.3, 0.4) is 0 Å². The van der Waals surface area contributed by atoms with E-state index in [0.717, 1.165) is 27.8 Å². The van der Waals surface area contributed by atoms with Crippen molar-refractivity contribution in [3.05, 3.63) is 83.7 Å². The van der Waals surface area contributed by atoms with Crippen molar-refractivity contribution >= 4 is 22.5 Å². The van der Waals surface area contributed by atoms with E-state index in [4.69, 9.17) is 4.42 Å². The summed E-state index contributed by atoms with van der Waals surface area (Å²) in [4.78, 5) is 17.2. The smallest absolute Gasteiger partial charge is 0.259 e. The molecule has 0 saturated heterocycles. The van der Waals surface area contributed by atoms with E-state index in [1.807, 2.05) is 67.6 Å². The Morgan fingerprint density at radius 1 is 0.962 bits per heavy atom. The molecule has 2 aromatic heterocycles. The lowest BCUT2D eigenvalue weighted by molar-refractivity contribution is 0.102. The Labute approximate surface area is 151 Å². The minimum absolute atomic E-state index is 0.187. The number of hydrogen-bond donors (Lipinski definition) is 1. The molecule has 0 fully saturated rings. The van der Waals surface area contributed by atoms with Gasteiger partial charge in [-0.3, -0.25) is 9.78 Å². The number of nitrogens with zero attached hydrogens (tertiary/aromatic N) is 1. The molecule has 0 unspecified atom stereocenters. The van der Waals surface area contributed by atoms with E-state index in [1.54, 1.807) is 13.0 Å². The van der Waals surface area contributed by atoms with Gasteiger partial charge in [-0.1, -0.05) is 36.4 Å². The Morgan fingerprint density at radius 2 is 1.77 bits per heavy atom. The van der Waals surface area contributed by atoms with E-state index in [1.165, 1.54) is 0 Å². The van der Waals surface area contributed by atoms with Crippen LogP contribution in [0.2, 0.25) is 0 Å². The Balaban J connectivity index is 1.60. The van der Waals surface area contributed by atoms with Crippen LogP contribution < -0.4 is 5.32 Å². The predicted octanol–water partition coefficient (Wildman–Crippen LogP) is 5.36. The highest BCUT2D eigenvalue weighted by molar-refractivity contribution is 6.06. The van der Waals surface area contributed by atoms with Crippen LogP contribution >= 0.6 is 0 Å². The molecule has 2 heterocycles. The van der Waals surface area contributed by atoms with Crippen molar-refractivity contribution in [1.82, 2.24) is 4.98 Å². The minimum Gasteiger partial charge on any atom is -0.461 e. The highest BCUT2D eigenvalue weighted by atomic mass is 16.3. The van der Waals surface area contributed by atoms with Crippen LogP contribution in [0.5, 0.6) is 0 Å². The van der Waals surface area contributed by atoms with Gasteiger partial charge in [0.25, 0.3) is 5.91 Å². The van der Waals surface area contributed by atoms with E-state index in [9.17, 15) is 4.79 Å². The van der Waals surface area contributed by atoms with E-state index in [2.05, 4.69) is 10.3 Å². The fourth-order valence-corrected chi connectivity index (χ4v) is 2.96. The Kier molecular flexibility index (Phi) is 4.01. The first-order chi connectivity index (χ1) is 12.6. The molecule has 1 N–H and O–H groups in total. The second kappa shape index (κ2) is 6.48. The van der Waals surface area contributed by atoms with Crippen LogP contribution in [0, 0.1) is 13.8 Å². The van der Waals surface area contributed by atoms with Gasteiger partial charge in [-0.05, 0) is 44.2 Å². The summed E-state index contributed by atoms with van der Waals surface area (Å²) in [6.45, 7) is 3.76. The van der Waals surface area contributed by atoms with Gasteiger partial charge in [-0.25, -0.2) is 0 Å². The molecule has 128 valence electrons. The molecule has 0 atom stereocenters. The van der Waals surface area contributed by atoms with Crippen LogP contribution in [0.15, 0.2) is 71.1 Å². The van der Waals surface area contributed by atoms with Crippen LogP contribution in [0.4, 0.5) is 5.69 Å². The fraction of sp³-hybridized carbons (Fsp3) is 0.0909. The molecule has 4 rings (SSSR count). The molecule has 4 heteroatoms. The molecule has 0 saturated carbocycles.